The number of anilines is 1. The van der Waals surface area contributed by atoms with E-state index in [2.05, 4.69) is 10.6 Å². The minimum Gasteiger partial charge on any atom is -0.464 e. The molecule has 0 saturated heterocycles. The molecule has 0 radical (unpaired) electrons. The number of esters is 1. The molecule has 0 saturated carbocycles. The number of rotatable bonds is 4. The van der Waals surface area contributed by atoms with E-state index in [1.54, 1.807) is 25.1 Å². The third kappa shape index (κ3) is 4.68. The van der Waals surface area contributed by atoms with Crippen LogP contribution in [0.2, 0.25) is 0 Å². The summed E-state index contributed by atoms with van der Waals surface area (Å²) in [6.45, 7) is 3.48. The molecule has 2 amide bonds. The number of nitrogens with zero attached hydrogens (tertiary/aromatic N) is 1. The number of amides is 2. The number of carbonyl (C=O) groups excluding carboxylic acids is 2. The second kappa shape index (κ2) is 7.01. The summed E-state index contributed by atoms with van der Waals surface area (Å²) in [5.41, 5.74) is 0.920. The van der Waals surface area contributed by atoms with E-state index in [9.17, 15) is 9.59 Å². The molecule has 6 nitrogen and oxygen atoms in total. The Morgan fingerprint density at radius 2 is 2.21 bits per heavy atom. The second-order valence-electron chi connectivity index (χ2n) is 3.76. The summed E-state index contributed by atoms with van der Waals surface area (Å²) in [5, 5.41) is 13.7. The Kier molecular flexibility index (Phi) is 5.35. The highest BCUT2D eigenvalue weighted by atomic mass is 16.5. The summed E-state index contributed by atoms with van der Waals surface area (Å²) in [6, 6.07) is 7.17. The molecule has 19 heavy (non-hydrogen) atoms. The molecule has 1 aromatic rings. The monoisotopic (exact) mass is 261 g/mol. The van der Waals surface area contributed by atoms with Crippen LogP contribution in [-0.4, -0.2) is 24.6 Å². The SMILES string of the molecule is CCOC(=O)C(C)NC(=O)Nc1cccc(C#N)c1. The largest absolute Gasteiger partial charge is 0.464 e. The Hall–Kier alpha value is -2.55. The van der Waals surface area contributed by atoms with E-state index in [-0.39, 0.29) is 6.61 Å². The lowest BCUT2D eigenvalue weighted by Gasteiger charge is -2.13. The van der Waals surface area contributed by atoms with Crippen molar-refractivity contribution in [2.75, 3.05) is 11.9 Å². The molecule has 0 fully saturated rings. The van der Waals surface area contributed by atoms with Gasteiger partial charge in [-0.15, -0.1) is 0 Å². The maximum Gasteiger partial charge on any atom is 0.328 e. The summed E-state index contributed by atoms with van der Waals surface area (Å²) < 4.78 is 4.77. The first-order valence-corrected chi connectivity index (χ1v) is 5.81. The lowest BCUT2D eigenvalue weighted by molar-refractivity contribution is -0.144. The maximum absolute atomic E-state index is 11.6. The Bertz CT molecular complexity index is 508. The van der Waals surface area contributed by atoms with Gasteiger partial charge in [-0.25, -0.2) is 9.59 Å². The van der Waals surface area contributed by atoms with Gasteiger partial charge in [0.15, 0.2) is 0 Å². The first-order chi connectivity index (χ1) is 9.06. The summed E-state index contributed by atoms with van der Waals surface area (Å²) >= 11 is 0. The predicted octanol–water partition coefficient (Wildman–Crippen LogP) is 1.63. The van der Waals surface area contributed by atoms with Crippen molar-refractivity contribution in [3.63, 3.8) is 0 Å². The van der Waals surface area contributed by atoms with E-state index < -0.39 is 18.0 Å². The Balaban J connectivity index is 2.55. The lowest BCUT2D eigenvalue weighted by Crippen LogP contribution is -2.41. The molecule has 1 rings (SSSR count). The van der Waals surface area contributed by atoms with Crippen molar-refractivity contribution in [1.82, 2.24) is 5.32 Å². The smallest absolute Gasteiger partial charge is 0.328 e. The highest BCUT2D eigenvalue weighted by Crippen LogP contribution is 2.09. The van der Waals surface area contributed by atoms with Gasteiger partial charge in [-0.3, -0.25) is 0 Å². The van der Waals surface area contributed by atoms with Crippen LogP contribution in [0.3, 0.4) is 0 Å². The van der Waals surface area contributed by atoms with Crippen molar-refractivity contribution < 1.29 is 14.3 Å². The zero-order valence-electron chi connectivity index (χ0n) is 10.8. The Morgan fingerprint density at radius 1 is 1.47 bits per heavy atom. The fourth-order valence-corrected chi connectivity index (χ4v) is 1.36. The van der Waals surface area contributed by atoms with Gasteiger partial charge < -0.3 is 15.4 Å². The lowest BCUT2D eigenvalue weighted by atomic mass is 10.2. The van der Waals surface area contributed by atoms with Crippen LogP contribution in [0.15, 0.2) is 24.3 Å². The van der Waals surface area contributed by atoms with E-state index in [4.69, 9.17) is 10.00 Å². The van der Waals surface area contributed by atoms with Crippen LogP contribution in [0.1, 0.15) is 19.4 Å². The molecule has 1 unspecified atom stereocenters. The number of urea groups is 1. The third-order valence-corrected chi connectivity index (χ3v) is 2.24. The van der Waals surface area contributed by atoms with Crippen molar-refractivity contribution in [1.29, 1.82) is 5.26 Å². The van der Waals surface area contributed by atoms with E-state index in [1.165, 1.54) is 13.0 Å². The van der Waals surface area contributed by atoms with Gasteiger partial charge in [0.1, 0.15) is 6.04 Å². The fraction of sp³-hybridized carbons (Fsp3) is 0.308. The summed E-state index contributed by atoms with van der Waals surface area (Å²) in [5.74, 6) is -0.497. The summed E-state index contributed by atoms with van der Waals surface area (Å²) in [6.07, 6.45) is 0. The first kappa shape index (κ1) is 14.5. The molecule has 1 aromatic carbocycles. The molecular formula is C13H15N3O3. The maximum atomic E-state index is 11.6. The van der Waals surface area contributed by atoms with E-state index in [0.29, 0.717) is 11.3 Å². The van der Waals surface area contributed by atoms with Gasteiger partial charge in [0.2, 0.25) is 0 Å². The normalized spacial score (nSPS) is 11.0. The molecule has 6 heteroatoms. The number of nitrogens with one attached hydrogen (secondary N) is 2. The molecule has 0 aliphatic carbocycles. The van der Waals surface area contributed by atoms with Crippen LogP contribution in [-0.2, 0) is 9.53 Å². The summed E-state index contributed by atoms with van der Waals surface area (Å²) in [7, 11) is 0. The van der Waals surface area contributed by atoms with E-state index >= 15 is 0 Å². The standard InChI is InChI=1S/C13H15N3O3/c1-3-19-12(17)9(2)15-13(18)16-11-6-4-5-10(7-11)8-14/h4-7,9H,3H2,1-2H3,(H2,15,16,18). The topological polar surface area (TPSA) is 91.2 Å². The Morgan fingerprint density at radius 3 is 2.84 bits per heavy atom. The number of carbonyl (C=O) groups is 2. The fourth-order valence-electron chi connectivity index (χ4n) is 1.36. The van der Waals surface area contributed by atoms with Gasteiger partial charge in [-0.2, -0.15) is 5.26 Å². The highest BCUT2D eigenvalue weighted by molar-refractivity contribution is 5.92. The van der Waals surface area contributed by atoms with Crippen molar-refractivity contribution in [2.45, 2.75) is 19.9 Å². The van der Waals surface area contributed by atoms with E-state index in [1.807, 2.05) is 6.07 Å². The van der Waals surface area contributed by atoms with Crippen LogP contribution in [0.25, 0.3) is 0 Å². The number of hydrogen-bond acceptors (Lipinski definition) is 4. The molecule has 0 aromatic heterocycles. The number of nitriles is 1. The highest BCUT2D eigenvalue weighted by Gasteiger charge is 2.16. The number of benzene rings is 1. The van der Waals surface area contributed by atoms with Crippen LogP contribution >= 0.6 is 0 Å². The average molecular weight is 261 g/mol. The van der Waals surface area contributed by atoms with Crippen molar-refractivity contribution in [3.8, 4) is 6.07 Å². The predicted molar refractivity (Wildman–Crippen MR) is 69.4 cm³/mol. The quantitative estimate of drug-likeness (QED) is 0.806. The van der Waals surface area contributed by atoms with Crippen LogP contribution in [0, 0.1) is 11.3 Å². The zero-order chi connectivity index (χ0) is 14.3. The molecule has 0 bridgehead atoms. The molecular weight excluding hydrogens is 246 g/mol. The van der Waals surface area contributed by atoms with Crippen molar-refractivity contribution in [2.24, 2.45) is 0 Å². The van der Waals surface area contributed by atoms with Gasteiger partial charge in [-0.1, -0.05) is 6.07 Å². The molecule has 0 heterocycles. The average Bonchev–Trinajstić information content (AvgIpc) is 2.39. The van der Waals surface area contributed by atoms with Gasteiger partial charge >= 0.3 is 12.0 Å². The Labute approximate surface area is 111 Å². The van der Waals surface area contributed by atoms with Crippen molar-refractivity contribution >= 4 is 17.7 Å². The first-order valence-electron chi connectivity index (χ1n) is 5.81. The van der Waals surface area contributed by atoms with Crippen LogP contribution in [0.5, 0.6) is 0 Å². The minimum atomic E-state index is -0.737. The van der Waals surface area contributed by atoms with Gasteiger partial charge in [0, 0.05) is 5.69 Å². The number of hydrogen-bond donors (Lipinski definition) is 2. The molecule has 100 valence electrons. The molecule has 0 aliphatic rings. The van der Waals surface area contributed by atoms with Crippen molar-refractivity contribution in [3.05, 3.63) is 29.8 Å². The molecule has 2 N–H and O–H groups in total. The number of ether oxygens (including phenoxy) is 1. The van der Waals surface area contributed by atoms with Gasteiger partial charge in [0.05, 0.1) is 18.2 Å². The summed E-state index contributed by atoms with van der Waals surface area (Å²) in [4.78, 5) is 22.9. The van der Waals surface area contributed by atoms with Crippen LogP contribution in [0.4, 0.5) is 10.5 Å². The van der Waals surface area contributed by atoms with Crippen LogP contribution < -0.4 is 10.6 Å². The molecule has 0 spiro atoms. The second-order valence-corrected chi connectivity index (χ2v) is 3.76. The molecule has 1 atom stereocenters. The van der Waals surface area contributed by atoms with Gasteiger partial charge in [0.25, 0.3) is 0 Å². The van der Waals surface area contributed by atoms with Gasteiger partial charge in [-0.05, 0) is 32.0 Å². The minimum absolute atomic E-state index is 0.261. The van der Waals surface area contributed by atoms with E-state index in [0.717, 1.165) is 0 Å². The molecule has 0 aliphatic heterocycles. The third-order valence-electron chi connectivity index (χ3n) is 2.24. The zero-order valence-corrected chi connectivity index (χ0v) is 10.8.